The summed E-state index contributed by atoms with van der Waals surface area (Å²) in [4.78, 5) is 6.52. The maximum absolute atomic E-state index is 6.52. The molecule has 1 unspecified atom stereocenters. The monoisotopic (exact) mass is 339 g/mol. The van der Waals surface area contributed by atoms with Gasteiger partial charge in [-0.3, -0.25) is 0 Å². The van der Waals surface area contributed by atoms with Crippen molar-refractivity contribution in [1.29, 1.82) is 0 Å². The lowest BCUT2D eigenvalue weighted by molar-refractivity contribution is -0.128. The summed E-state index contributed by atoms with van der Waals surface area (Å²) >= 11 is 0. The van der Waals surface area contributed by atoms with Gasteiger partial charge in [0.1, 0.15) is 6.04 Å². The van der Waals surface area contributed by atoms with Gasteiger partial charge in [0.25, 0.3) is 0 Å². The van der Waals surface area contributed by atoms with Crippen LogP contribution in [0.25, 0.3) is 0 Å². The average Bonchev–Trinajstić information content (AvgIpc) is 2.85. The lowest BCUT2D eigenvalue weighted by Gasteiger charge is -2.35. The van der Waals surface area contributed by atoms with Crippen molar-refractivity contribution in [2.24, 2.45) is 0 Å². The quantitative estimate of drug-likeness (QED) is 0.711. The van der Waals surface area contributed by atoms with Gasteiger partial charge in [-0.15, -0.1) is 5.06 Å². The number of hydrogen-bond donors (Lipinski definition) is 0. The highest BCUT2D eigenvalue weighted by molar-refractivity contribution is 6.89. The van der Waals surface area contributed by atoms with Gasteiger partial charge in [0.15, 0.2) is 5.75 Å². The molecule has 2 aromatic rings. The molecule has 0 amide bonds. The van der Waals surface area contributed by atoms with E-state index >= 15 is 0 Å². The summed E-state index contributed by atoms with van der Waals surface area (Å²) in [6.07, 6.45) is 0. The molecule has 1 aliphatic heterocycles. The fourth-order valence-corrected chi connectivity index (χ4v) is 4.95. The third-order valence-electron chi connectivity index (χ3n) is 4.57. The standard InChI is InChI=1S/C21H29NOSi/c1-15-13-17-19(16-11-9-8-10-12-16)22(21(2,3)4)23-20(17)18(14-15)24(5,6)7/h8-14,19H,1-7H3. The minimum Gasteiger partial charge on any atom is -0.404 e. The van der Waals surface area contributed by atoms with Crippen LogP contribution in [-0.2, 0) is 0 Å². The van der Waals surface area contributed by atoms with Gasteiger partial charge in [-0.05, 0) is 38.4 Å². The Morgan fingerprint density at radius 3 is 2.17 bits per heavy atom. The summed E-state index contributed by atoms with van der Waals surface area (Å²) < 4.78 is 0. The summed E-state index contributed by atoms with van der Waals surface area (Å²) in [5.74, 6) is 1.10. The first-order valence-corrected chi connectivity index (χ1v) is 12.3. The van der Waals surface area contributed by atoms with E-state index in [4.69, 9.17) is 4.84 Å². The zero-order valence-corrected chi connectivity index (χ0v) is 17.0. The highest BCUT2D eigenvalue weighted by Crippen LogP contribution is 2.45. The molecule has 0 aliphatic carbocycles. The minimum atomic E-state index is -1.49. The van der Waals surface area contributed by atoms with E-state index in [0.717, 1.165) is 5.75 Å². The predicted octanol–water partition coefficient (Wildman–Crippen LogP) is 5.04. The number of fused-ring (bicyclic) bond motifs is 1. The minimum absolute atomic E-state index is 0.0792. The van der Waals surface area contributed by atoms with E-state index in [-0.39, 0.29) is 11.6 Å². The van der Waals surface area contributed by atoms with E-state index in [1.54, 1.807) is 0 Å². The fourth-order valence-electron chi connectivity index (χ4n) is 3.42. The van der Waals surface area contributed by atoms with Gasteiger partial charge in [0.2, 0.25) is 0 Å². The first kappa shape index (κ1) is 17.2. The van der Waals surface area contributed by atoms with Crippen LogP contribution in [0.15, 0.2) is 42.5 Å². The van der Waals surface area contributed by atoms with Crippen molar-refractivity contribution in [2.45, 2.75) is 58.9 Å². The zero-order chi connectivity index (χ0) is 17.7. The number of hydrogen-bond acceptors (Lipinski definition) is 2. The lowest BCUT2D eigenvalue weighted by atomic mass is 9.94. The fraction of sp³-hybridized carbons (Fsp3) is 0.429. The second-order valence-electron chi connectivity index (χ2n) is 8.88. The third-order valence-corrected chi connectivity index (χ3v) is 6.55. The Labute approximate surface area is 147 Å². The molecule has 2 aromatic carbocycles. The van der Waals surface area contributed by atoms with Crippen LogP contribution >= 0.6 is 0 Å². The SMILES string of the molecule is Cc1cc2c(c([Si](C)(C)C)c1)ON(C(C)(C)C)C2c1ccccc1. The summed E-state index contributed by atoms with van der Waals surface area (Å²) in [7, 11) is -1.49. The molecule has 0 N–H and O–H groups in total. The molecule has 0 radical (unpaired) electrons. The van der Waals surface area contributed by atoms with Gasteiger partial charge < -0.3 is 4.84 Å². The first-order valence-electron chi connectivity index (χ1n) is 8.76. The maximum Gasteiger partial charge on any atom is 0.152 e. The molecule has 3 heteroatoms. The smallest absolute Gasteiger partial charge is 0.152 e. The van der Waals surface area contributed by atoms with Gasteiger partial charge in [-0.25, -0.2) is 0 Å². The van der Waals surface area contributed by atoms with Crippen molar-refractivity contribution < 1.29 is 4.84 Å². The Hall–Kier alpha value is -1.58. The molecule has 3 rings (SSSR count). The molecule has 0 bridgehead atoms. The Bertz CT molecular complexity index is 741. The molecule has 1 atom stereocenters. The largest absolute Gasteiger partial charge is 0.404 e. The lowest BCUT2D eigenvalue weighted by Crippen LogP contribution is -2.44. The summed E-state index contributed by atoms with van der Waals surface area (Å²) in [6.45, 7) is 16.0. The van der Waals surface area contributed by atoms with E-state index < -0.39 is 8.07 Å². The Morgan fingerprint density at radius 1 is 1.00 bits per heavy atom. The molecule has 1 aliphatic rings. The van der Waals surface area contributed by atoms with Crippen molar-refractivity contribution in [3.05, 3.63) is 59.2 Å². The van der Waals surface area contributed by atoms with Gasteiger partial charge in [-0.1, -0.05) is 67.7 Å². The van der Waals surface area contributed by atoms with Crippen molar-refractivity contribution >= 4 is 13.3 Å². The predicted molar refractivity (Wildman–Crippen MR) is 105 cm³/mol. The maximum atomic E-state index is 6.52. The van der Waals surface area contributed by atoms with Crippen molar-refractivity contribution in [1.82, 2.24) is 5.06 Å². The number of rotatable bonds is 2. The highest BCUT2D eigenvalue weighted by atomic mass is 28.3. The van der Waals surface area contributed by atoms with Crippen LogP contribution in [0.5, 0.6) is 5.75 Å². The molecule has 24 heavy (non-hydrogen) atoms. The highest BCUT2D eigenvalue weighted by Gasteiger charge is 2.42. The molecule has 0 aromatic heterocycles. The summed E-state index contributed by atoms with van der Waals surface area (Å²) in [6, 6.07) is 15.5. The number of benzene rings is 2. The third kappa shape index (κ3) is 3.03. The Morgan fingerprint density at radius 2 is 1.62 bits per heavy atom. The van der Waals surface area contributed by atoms with Crippen LogP contribution in [0.3, 0.4) is 0 Å². The molecule has 0 fully saturated rings. The summed E-state index contributed by atoms with van der Waals surface area (Å²) in [5.41, 5.74) is 3.85. The molecule has 2 nitrogen and oxygen atoms in total. The number of aryl methyl sites for hydroxylation is 1. The molecule has 1 heterocycles. The Kier molecular flexibility index (Phi) is 4.13. The topological polar surface area (TPSA) is 12.5 Å². The zero-order valence-electron chi connectivity index (χ0n) is 16.0. The average molecular weight is 340 g/mol. The van der Waals surface area contributed by atoms with Crippen LogP contribution in [0.1, 0.15) is 43.5 Å². The Balaban J connectivity index is 2.24. The van der Waals surface area contributed by atoms with Crippen LogP contribution in [0, 0.1) is 6.92 Å². The van der Waals surface area contributed by atoms with Crippen molar-refractivity contribution in [3.63, 3.8) is 0 Å². The second kappa shape index (κ2) is 5.75. The van der Waals surface area contributed by atoms with E-state index in [1.165, 1.54) is 21.9 Å². The molecule has 128 valence electrons. The summed E-state index contributed by atoms with van der Waals surface area (Å²) in [5, 5.41) is 3.60. The molecular weight excluding hydrogens is 310 g/mol. The number of nitrogens with zero attached hydrogens (tertiary/aromatic N) is 1. The van der Waals surface area contributed by atoms with E-state index in [2.05, 4.69) is 94.9 Å². The van der Waals surface area contributed by atoms with Crippen LogP contribution in [0.2, 0.25) is 19.6 Å². The van der Waals surface area contributed by atoms with Gasteiger partial charge in [0.05, 0.1) is 8.07 Å². The van der Waals surface area contributed by atoms with Gasteiger partial charge >= 0.3 is 0 Å². The number of hydroxylamine groups is 2. The van der Waals surface area contributed by atoms with E-state index in [0.29, 0.717) is 0 Å². The first-order chi connectivity index (χ1) is 11.1. The molecule has 0 saturated heterocycles. The molecule has 0 spiro atoms. The van der Waals surface area contributed by atoms with Gasteiger partial charge in [-0.2, -0.15) is 0 Å². The van der Waals surface area contributed by atoms with E-state index in [1.807, 2.05) is 0 Å². The van der Waals surface area contributed by atoms with Crippen molar-refractivity contribution in [3.8, 4) is 5.75 Å². The molecular formula is C21H29NOSi. The van der Waals surface area contributed by atoms with E-state index in [9.17, 15) is 0 Å². The van der Waals surface area contributed by atoms with Crippen molar-refractivity contribution in [2.75, 3.05) is 0 Å². The van der Waals surface area contributed by atoms with Crippen LogP contribution in [0.4, 0.5) is 0 Å². The van der Waals surface area contributed by atoms with Gasteiger partial charge in [0, 0.05) is 11.1 Å². The normalized spacial score (nSPS) is 18.4. The molecule has 0 saturated carbocycles. The van der Waals surface area contributed by atoms with Crippen LogP contribution < -0.4 is 10.0 Å². The second-order valence-corrected chi connectivity index (χ2v) is 13.9. The van der Waals surface area contributed by atoms with Crippen LogP contribution in [-0.4, -0.2) is 18.7 Å².